The maximum Gasteiger partial charge on any atom is 0.244 e. The summed E-state index contributed by atoms with van der Waals surface area (Å²) in [6.07, 6.45) is 6.63. The molecule has 1 aliphatic rings. The van der Waals surface area contributed by atoms with Crippen LogP contribution in [0.15, 0.2) is 59.6 Å². The number of likely N-dealkylation sites (tertiary alicyclic amines) is 1. The highest BCUT2D eigenvalue weighted by molar-refractivity contribution is 7.08. The number of nitrogens with zero attached hydrogens (tertiary/aromatic N) is 4. The maximum atomic E-state index is 13.1. The van der Waals surface area contributed by atoms with E-state index in [1.54, 1.807) is 22.2 Å². The number of amides is 2. The van der Waals surface area contributed by atoms with Gasteiger partial charge in [0.15, 0.2) is 0 Å². The van der Waals surface area contributed by atoms with Crippen LogP contribution in [0.5, 0.6) is 0 Å². The summed E-state index contributed by atoms with van der Waals surface area (Å²) in [5.74, 6) is 0.611. The SMILES string of the molecule is Cc1ccccc1CC(C1CCN(C(=O)Cc2ccsc2)CC1)N(C)C(=O)Cn1cccn1. The first-order valence-corrected chi connectivity index (χ1v) is 12.5. The molecule has 0 aliphatic carbocycles. The van der Waals surface area contributed by atoms with Crippen molar-refractivity contribution in [2.24, 2.45) is 5.92 Å². The van der Waals surface area contributed by atoms with E-state index in [1.807, 2.05) is 45.9 Å². The van der Waals surface area contributed by atoms with Gasteiger partial charge in [-0.25, -0.2) is 0 Å². The fourth-order valence-electron chi connectivity index (χ4n) is 4.73. The Balaban J connectivity index is 1.44. The summed E-state index contributed by atoms with van der Waals surface area (Å²) in [6, 6.07) is 12.4. The Labute approximate surface area is 199 Å². The molecule has 4 rings (SSSR count). The third-order valence-electron chi connectivity index (χ3n) is 6.81. The third-order valence-corrected chi connectivity index (χ3v) is 7.54. The van der Waals surface area contributed by atoms with Crippen LogP contribution in [0.4, 0.5) is 0 Å². The van der Waals surface area contributed by atoms with E-state index >= 15 is 0 Å². The Hall–Kier alpha value is -2.93. The van der Waals surface area contributed by atoms with E-state index in [9.17, 15) is 9.59 Å². The molecule has 3 heterocycles. The monoisotopic (exact) mass is 464 g/mol. The average molecular weight is 465 g/mol. The lowest BCUT2D eigenvalue weighted by molar-refractivity contribution is -0.136. The summed E-state index contributed by atoms with van der Waals surface area (Å²) in [6.45, 7) is 3.87. The second-order valence-corrected chi connectivity index (χ2v) is 9.71. The molecule has 0 bridgehead atoms. The molecule has 1 aromatic carbocycles. The normalized spacial score (nSPS) is 15.4. The van der Waals surface area contributed by atoms with Crippen molar-refractivity contribution >= 4 is 23.2 Å². The number of benzene rings is 1. The molecule has 3 aromatic rings. The fraction of sp³-hybridized carbons (Fsp3) is 0.423. The molecule has 1 saturated heterocycles. The lowest BCUT2D eigenvalue weighted by Gasteiger charge is -2.40. The number of likely N-dealkylation sites (N-methyl/N-ethyl adjacent to an activating group) is 1. The molecule has 0 N–H and O–H groups in total. The van der Waals surface area contributed by atoms with Crippen LogP contribution in [-0.2, 0) is 29.0 Å². The van der Waals surface area contributed by atoms with Crippen LogP contribution in [0.1, 0.15) is 29.5 Å². The topological polar surface area (TPSA) is 58.4 Å². The zero-order valence-electron chi connectivity index (χ0n) is 19.4. The molecule has 174 valence electrons. The van der Waals surface area contributed by atoms with Crippen LogP contribution < -0.4 is 0 Å². The summed E-state index contributed by atoms with van der Waals surface area (Å²) in [5.41, 5.74) is 3.62. The zero-order chi connectivity index (χ0) is 23.2. The highest BCUT2D eigenvalue weighted by Gasteiger charge is 2.33. The highest BCUT2D eigenvalue weighted by Crippen LogP contribution is 2.28. The number of piperidine rings is 1. The number of aromatic nitrogens is 2. The molecule has 1 fully saturated rings. The van der Waals surface area contributed by atoms with E-state index in [0.717, 1.165) is 37.9 Å². The van der Waals surface area contributed by atoms with E-state index in [0.29, 0.717) is 12.3 Å². The van der Waals surface area contributed by atoms with Gasteiger partial charge in [-0.2, -0.15) is 16.4 Å². The van der Waals surface area contributed by atoms with E-state index < -0.39 is 0 Å². The molecular formula is C26H32N4O2S. The van der Waals surface area contributed by atoms with Gasteiger partial charge in [0, 0.05) is 38.6 Å². The molecule has 2 aromatic heterocycles. The molecule has 2 amide bonds. The molecule has 1 atom stereocenters. The standard InChI is InChI=1S/C26H32N4O2S/c1-20-6-3-4-7-23(20)17-24(28(2)26(32)18-30-12-5-11-27-30)22-8-13-29(14-9-22)25(31)16-21-10-15-33-19-21/h3-7,10-12,15,19,22,24H,8-9,13-14,16-18H2,1-2H3. The van der Waals surface area contributed by atoms with Crippen molar-refractivity contribution in [2.75, 3.05) is 20.1 Å². The summed E-state index contributed by atoms with van der Waals surface area (Å²) in [7, 11) is 1.92. The Morgan fingerprint density at radius 3 is 2.64 bits per heavy atom. The second-order valence-electron chi connectivity index (χ2n) is 8.93. The predicted molar refractivity (Wildman–Crippen MR) is 131 cm³/mol. The average Bonchev–Trinajstić information content (AvgIpc) is 3.53. The number of hydrogen-bond donors (Lipinski definition) is 0. The zero-order valence-corrected chi connectivity index (χ0v) is 20.2. The quantitative estimate of drug-likeness (QED) is 0.509. The lowest BCUT2D eigenvalue weighted by atomic mass is 9.84. The molecule has 7 heteroatoms. The maximum absolute atomic E-state index is 13.1. The van der Waals surface area contributed by atoms with Gasteiger partial charge in [-0.1, -0.05) is 24.3 Å². The number of thiophene rings is 1. The van der Waals surface area contributed by atoms with Crippen LogP contribution in [0.2, 0.25) is 0 Å². The van der Waals surface area contributed by atoms with Crippen LogP contribution >= 0.6 is 11.3 Å². The van der Waals surface area contributed by atoms with Crippen molar-refractivity contribution in [3.05, 3.63) is 76.2 Å². The van der Waals surface area contributed by atoms with E-state index in [1.165, 1.54) is 11.1 Å². The molecule has 1 aliphatic heterocycles. The Bertz CT molecular complexity index is 1040. The molecule has 0 spiro atoms. The molecular weight excluding hydrogens is 432 g/mol. The van der Waals surface area contributed by atoms with Gasteiger partial charge in [0.2, 0.25) is 11.8 Å². The van der Waals surface area contributed by atoms with Crippen LogP contribution in [0, 0.1) is 12.8 Å². The fourth-order valence-corrected chi connectivity index (χ4v) is 5.40. The number of carbonyl (C=O) groups is 2. The summed E-state index contributed by atoms with van der Waals surface area (Å²) < 4.78 is 1.68. The van der Waals surface area contributed by atoms with E-state index in [-0.39, 0.29) is 24.4 Å². The molecule has 0 saturated carbocycles. The predicted octanol–water partition coefficient (Wildman–Crippen LogP) is 3.80. The van der Waals surface area contributed by atoms with Crippen molar-refractivity contribution in [1.82, 2.24) is 19.6 Å². The molecule has 0 radical (unpaired) electrons. The minimum atomic E-state index is 0.0632. The number of hydrogen-bond acceptors (Lipinski definition) is 4. The van der Waals surface area contributed by atoms with Crippen molar-refractivity contribution < 1.29 is 9.59 Å². The van der Waals surface area contributed by atoms with E-state index in [4.69, 9.17) is 0 Å². The van der Waals surface area contributed by atoms with Gasteiger partial charge >= 0.3 is 0 Å². The van der Waals surface area contributed by atoms with Crippen molar-refractivity contribution in [3.8, 4) is 0 Å². The molecule has 33 heavy (non-hydrogen) atoms. The second kappa shape index (κ2) is 10.8. The van der Waals surface area contributed by atoms with Gasteiger partial charge in [0.1, 0.15) is 6.54 Å². The number of carbonyl (C=O) groups excluding carboxylic acids is 2. The Morgan fingerprint density at radius 2 is 1.97 bits per heavy atom. The van der Waals surface area contributed by atoms with Gasteiger partial charge in [-0.15, -0.1) is 0 Å². The van der Waals surface area contributed by atoms with Gasteiger partial charge in [0.25, 0.3) is 0 Å². The first-order chi connectivity index (χ1) is 16.0. The lowest BCUT2D eigenvalue weighted by Crippen LogP contribution is -2.49. The largest absolute Gasteiger partial charge is 0.342 e. The minimum Gasteiger partial charge on any atom is -0.342 e. The van der Waals surface area contributed by atoms with Crippen molar-refractivity contribution in [2.45, 2.75) is 45.2 Å². The van der Waals surface area contributed by atoms with Gasteiger partial charge in [-0.3, -0.25) is 14.3 Å². The van der Waals surface area contributed by atoms with Gasteiger partial charge in [-0.05, 0) is 71.7 Å². The summed E-state index contributed by atoms with van der Waals surface area (Å²) in [5, 5.41) is 8.25. The summed E-state index contributed by atoms with van der Waals surface area (Å²) in [4.78, 5) is 29.8. The van der Waals surface area contributed by atoms with Crippen LogP contribution in [-0.4, -0.2) is 57.6 Å². The first-order valence-electron chi connectivity index (χ1n) is 11.6. The van der Waals surface area contributed by atoms with Crippen LogP contribution in [0.3, 0.4) is 0 Å². The summed E-state index contributed by atoms with van der Waals surface area (Å²) >= 11 is 1.63. The molecule has 6 nitrogen and oxygen atoms in total. The van der Waals surface area contributed by atoms with Crippen LogP contribution in [0.25, 0.3) is 0 Å². The minimum absolute atomic E-state index is 0.0632. The number of rotatable bonds is 8. The van der Waals surface area contributed by atoms with Gasteiger partial charge in [0.05, 0.1) is 6.42 Å². The smallest absolute Gasteiger partial charge is 0.244 e. The number of aryl methyl sites for hydroxylation is 1. The third kappa shape index (κ3) is 5.90. The molecule has 1 unspecified atom stereocenters. The van der Waals surface area contributed by atoms with E-state index in [2.05, 4.69) is 36.3 Å². The Morgan fingerprint density at radius 1 is 1.18 bits per heavy atom. The van der Waals surface area contributed by atoms with Gasteiger partial charge < -0.3 is 9.80 Å². The Kier molecular flexibility index (Phi) is 7.60. The van der Waals surface area contributed by atoms with Crippen molar-refractivity contribution in [1.29, 1.82) is 0 Å². The first kappa shape index (κ1) is 23.2. The van der Waals surface area contributed by atoms with Crippen molar-refractivity contribution in [3.63, 3.8) is 0 Å². The highest BCUT2D eigenvalue weighted by atomic mass is 32.1.